The first kappa shape index (κ1) is 29.7. The molecule has 3 heterocycles. The van der Waals surface area contributed by atoms with Gasteiger partial charge in [0, 0.05) is 31.4 Å². The summed E-state index contributed by atoms with van der Waals surface area (Å²) in [5, 5.41) is 6.35. The van der Waals surface area contributed by atoms with Crippen LogP contribution in [0, 0.1) is 5.92 Å². The topological polar surface area (TPSA) is 137 Å². The molecule has 2 aliphatic rings. The quantitative estimate of drug-likeness (QED) is 0.170. The van der Waals surface area contributed by atoms with Crippen LogP contribution in [-0.4, -0.2) is 44.4 Å². The lowest BCUT2D eigenvalue weighted by Crippen LogP contribution is -2.43. The number of fused-ring (bicyclic) bond motifs is 1. The number of nitrogens with one attached hydrogen (secondary N) is 2. The van der Waals surface area contributed by atoms with Crippen LogP contribution in [0.25, 0.3) is 22.2 Å². The molecule has 2 fully saturated rings. The van der Waals surface area contributed by atoms with E-state index in [0.717, 1.165) is 55.2 Å². The molecule has 232 valence electrons. The first-order valence-electron chi connectivity index (χ1n) is 15.1. The molecule has 2 aromatic carbocycles. The molecule has 2 amide bonds. The van der Waals surface area contributed by atoms with E-state index in [9.17, 15) is 23.2 Å². The van der Waals surface area contributed by atoms with E-state index >= 15 is 0 Å². The second-order valence-corrected chi connectivity index (χ2v) is 11.8. The fourth-order valence-electron chi connectivity index (χ4n) is 6.50. The Balaban J connectivity index is 1.02. The third-order valence-corrected chi connectivity index (χ3v) is 8.81. The third kappa shape index (κ3) is 6.17. The molecule has 1 aliphatic heterocycles. The van der Waals surface area contributed by atoms with Gasteiger partial charge >= 0.3 is 5.69 Å². The van der Waals surface area contributed by atoms with Gasteiger partial charge < -0.3 is 15.5 Å². The van der Waals surface area contributed by atoms with Gasteiger partial charge in [0.1, 0.15) is 6.04 Å². The number of hydrogen-bond donors (Lipinski definition) is 3. The zero-order valence-electron chi connectivity index (χ0n) is 24.3. The number of aromatic nitrogens is 4. The fourth-order valence-corrected chi connectivity index (χ4v) is 6.50. The number of aryl methyl sites for hydroxylation is 1. The Morgan fingerprint density at radius 1 is 1.05 bits per heavy atom. The standard InChI is InChI=1S/C32H36F2N6O4/c33-30(34)29-24(35)17-39(38-29)22-11-9-20(10-12-22)18-44-15-3-5-19-4-1-6-21(16-19)23-7-2-8-25-28(23)37-32(43)40(25)26-13-14-27(41)36-31(26)42/h1-2,4,6-8,16-17,20,22,26,30H,3,5,9-15,18,35H2,(H,37,43)(H,36,41,42). The first-order chi connectivity index (χ1) is 21.3. The second kappa shape index (κ2) is 12.7. The predicted octanol–water partition coefficient (Wildman–Crippen LogP) is 5.07. The molecule has 1 unspecified atom stereocenters. The maximum Gasteiger partial charge on any atom is 0.327 e. The number of rotatable bonds is 10. The lowest BCUT2D eigenvalue weighted by molar-refractivity contribution is -0.135. The lowest BCUT2D eigenvalue weighted by Gasteiger charge is -2.28. The number of nitrogen functional groups attached to an aromatic ring is 1. The number of piperidine rings is 1. The Bertz CT molecular complexity index is 1720. The normalized spacial score (nSPS) is 20.8. The fraction of sp³-hybridized carbons (Fsp3) is 0.438. The Morgan fingerprint density at radius 2 is 1.84 bits per heavy atom. The highest BCUT2D eigenvalue weighted by Crippen LogP contribution is 2.34. The molecule has 6 rings (SSSR count). The molecule has 2 aromatic heterocycles. The van der Waals surface area contributed by atoms with Crippen molar-refractivity contribution in [1.29, 1.82) is 0 Å². The number of ether oxygens (including phenoxy) is 1. The Kier molecular flexibility index (Phi) is 8.60. The SMILES string of the molecule is Nc1cn(C2CCC(COCCCc3cccc(-c4cccc5c4[nH]c(=O)n5C4CCC(=O)NC4=O)c3)CC2)nc1C(F)F. The van der Waals surface area contributed by atoms with Crippen LogP contribution >= 0.6 is 0 Å². The Morgan fingerprint density at radius 3 is 2.59 bits per heavy atom. The Hall–Kier alpha value is -4.32. The number of aromatic amines is 1. The van der Waals surface area contributed by atoms with Crippen LogP contribution in [0.5, 0.6) is 0 Å². The highest BCUT2D eigenvalue weighted by molar-refractivity contribution is 6.00. The number of alkyl halides is 2. The average Bonchev–Trinajstić information content (AvgIpc) is 3.57. The van der Waals surface area contributed by atoms with E-state index in [2.05, 4.69) is 27.5 Å². The minimum absolute atomic E-state index is 0.0480. The molecule has 0 radical (unpaired) electrons. The zero-order chi connectivity index (χ0) is 30.8. The van der Waals surface area contributed by atoms with Gasteiger partial charge in [-0.15, -0.1) is 0 Å². The van der Waals surface area contributed by atoms with Gasteiger partial charge in [-0.05, 0) is 68.1 Å². The number of H-pyrrole nitrogens is 1. The van der Waals surface area contributed by atoms with Crippen molar-refractivity contribution in [2.45, 2.75) is 69.9 Å². The summed E-state index contributed by atoms with van der Waals surface area (Å²) >= 11 is 0. The number of imidazole rings is 1. The van der Waals surface area contributed by atoms with Crippen LogP contribution in [0.1, 0.15) is 74.7 Å². The molecule has 1 aliphatic carbocycles. The van der Waals surface area contributed by atoms with Gasteiger partial charge in [-0.1, -0.05) is 36.4 Å². The van der Waals surface area contributed by atoms with E-state index in [4.69, 9.17) is 10.5 Å². The molecular weight excluding hydrogens is 570 g/mol. The highest BCUT2D eigenvalue weighted by Gasteiger charge is 2.31. The van der Waals surface area contributed by atoms with Crippen molar-refractivity contribution in [3.05, 3.63) is 70.4 Å². The lowest BCUT2D eigenvalue weighted by atomic mass is 9.86. The average molecular weight is 607 g/mol. The summed E-state index contributed by atoms with van der Waals surface area (Å²) in [4.78, 5) is 40.0. The monoisotopic (exact) mass is 606 g/mol. The van der Waals surface area contributed by atoms with Gasteiger partial charge in [-0.25, -0.2) is 13.6 Å². The molecule has 1 atom stereocenters. The Labute approximate surface area is 252 Å². The van der Waals surface area contributed by atoms with Gasteiger partial charge in [0.15, 0.2) is 5.69 Å². The molecule has 4 N–H and O–H groups in total. The predicted molar refractivity (Wildman–Crippen MR) is 161 cm³/mol. The van der Waals surface area contributed by atoms with E-state index in [1.54, 1.807) is 4.68 Å². The molecule has 10 nitrogen and oxygen atoms in total. The van der Waals surface area contributed by atoms with Gasteiger partial charge in [-0.3, -0.25) is 24.2 Å². The summed E-state index contributed by atoms with van der Waals surface area (Å²) in [6, 6.07) is 13.2. The van der Waals surface area contributed by atoms with Gasteiger partial charge in [0.2, 0.25) is 11.8 Å². The number of para-hydroxylation sites is 1. The molecule has 0 spiro atoms. The van der Waals surface area contributed by atoms with E-state index in [1.165, 1.54) is 10.8 Å². The van der Waals surface area contributed by atoms with E-state index in [-0.39, 0.29) is 41.9 Å². The smallest absolute Gasteiger partial charge is 0.327 e. The van der Waals surface area contributed by atoms with Crippen molar-refractivity contribution in [3.63, 3.8) is 0 Å². The number of carbonyl (C=O) groups excluding carboxylic acids is 2. The van der Waals surface area contributed by atoms with Crippen LogP contribution in [-0.2, 0) is 20.7 Å². The number of halogens is 2. The minimum Gasteiger partial charge on any atom is -0.396 e. The summed E-state index contributed by atoms with van der Waals surface area (Å²) in [5.74, 6) is -0.347. The van der Waals surface area contributed by atoms with Crippen molar-refractivity contribution in [3.8, 4) is 11.1 Å². The number of hydrogen-bond acceptors (Lipinski definition) is 6. The minimum atomic E-state index is -2.66. The van der Waals surface area contributed by atoms with Crippen molar-refractivity contribution in [2.75, 3.05) is 18.9 Å². The number of anilines is 1. The molecule has 4 aromatic rings. The highest BCUT2D eigenvalue weighted by atomic mass is 19.3. The van der Waals surface area contributed by atoms with Crippen LogP contribution in [0.3, 0.4) is 0 Å². The van der Waals surface area contributed by atoms with Crippen LogP contribution in [0.15, 0.2) is 53.5 Å². The van der Waals surface area contributed by atoms with Crippen molar-refractivity contribution in [1.82, 2.24) is 24.6 Å². The number of benzene rings is 2. The van der Waals surface area contributed by atoms with Crippen molar-refractivity contribution >= 4 is 28.5 Å². The largest absolute Gasteiger partial charge is 0.396 e. The van der Waals surface area contributed by atoms with Gasteiger partial charge in [0.25, 0.3) is 6.43 Å². The third-order valence-electron chi connectivity index (χ3n) is 8.81. The van der Waals surface area contributed by atoms with Gasteiger partial charge in [0.05, 0.1) is 22.8 Å². The summed E-state index contributed by atoms with van der Waals surface area (Å²) in [5.41, 5.74) is 9.28. The van der Waals surface area contributed by atoms with Gasteiger partial charge in [-0.2, -0.15) is 5.10 Å². The van der Waals surface area contributed by atoms with Crippen LogP contribution in [0.2, 0.25) is 0 Å². The van der Waals surface area contributed by atoms with Crippen LogP contribution in [0.4, 0.5) is 14.5 Å². The molecule has 12 heteroatoms. The maximum absolute atomic E-state index is 13.0. The zero-order valence-corrected chi connectivity index (χ0v) is 24.3. The number of carbonyl (C=O) groups is 2. The summed E-state index contributed by atoms with van der Waals surface area (Å²) in [6.07, 6.45) is 4.65. The van der Waals surface area contributed by atoms with E-state index in [1.807, 2.05) is 30.3 Å². The second-order valence-electron chi connectivity index (χ2n) is 11.8. The van der Waals surface area contributed by atoms with E-state index < -0.39 is 18.4 Å². The summed E-state index contributed by atoms with van der Waals surface area (Å²) < 4.78 is 35.1. The molecule has 44 heavy (non-hydrogen) atoms. The van der Waals surface area contributed by atoms with Crippen LogP contribution < -0.4 is 16.7 Å². The molecule has 1 saturated carbocycles. The van der Waals surface area contributed by atoms with Crippen molar-refractivity contribution < 1.29 is 23.1 Å². The summed E-state index contributed by atoms with van der Waals surface area (Å²) in [6.45, 7) is 1.31. The number of nitrogens with two attached hydrogens (primary N) is 1. The molecule has 0 bridgehead atoms. The number of imide groups is 1. The number of nitrogens with zero attached hydrogens (tertiary/aromatic N) is 3. The van der Waals surface area contributed by atoms with E-state index in [0.29, 0.717) is 30.2 Å². The molecule has 1 saturated heterocycles. The maximum atomic E-state index is 13.0. The summed E-state index contributed by atoms with van der Waals surface area (Å²) in [7, 11) is 0. The van der Waals surface area contributed by atoms with Crippen molar-refractivity contribution in [2.24, 2.45) is 5.92 Å². The molecular formula is C32H36F2N6O4. The first-order valence-corrected chi connectivity index (χ1v) is 15.1. The number of amides is 2.